The van der Waals surface area contributed by atoms with Gasteiger partial charge in [0.25, 0.3) is 0 Å². The Morgan fingerprint density at radius 2 is 2.55 bits per heavy atom. The summed E-state index contributed by atoms with van der Waals surface area (Å²) in [7, 11) is 0. The van der Waals surface area contributed by atoms with E-state index in [2.05, 4.69) is 17.1 Å². The Kier molecular flexibility index (Phi) is 1.37. The van der Waals surface area contributed by atoms with Crippen molar-refractivity contribution in [1.82, 2.24) is 10.2 Å². The molecule has 1 saturated carbocycles. The summed E-state index contributed by atoms with van der Waals surface area (Å²) in [5.41, 5.74) is 0.450. The molecule has 0 bridgehead atoms. The molecule has 3 heteroatoms. The van der Waals surface area contributed by atoms with Gasteiger partial charge in [0.15, 0.2) is 0 Å². The molecule has 0 saturated heterocycles. The number of aromatic amines is 1. The van der Waals surface area contributed by atoms with Gasteiger partial charge >= 0.3 is 0 Å². The molecule has 1 N–H and O–H groups in total. The average Bonchev–Trinajstić information content (AvgIpc) is 2.53. The van der Waals surface area contributed by atoms with Crippen LogP contribution >= 0.6 is 0 Å². The second-order valence-electron chi connectivity index (χ2n) is 3.52. The van der Waals surface area contributed by atoms with Gasteiger partial charge in [-0.15, -0.1) is 0 Å². The Labute approximate surface area is 65.8 Å². The van der Waals surface area contributed by atoms with Crippen LogP contribution in [0.3, 0.4) is 0 Å². The molecule has 1 fully saturated rings. The maximum absolute atomic E-state index is 5.45. The zero-order valence-corrected chi connectivity index (χ0v) is 6.63. The predicted octanol–water partition coefficient (Wildman–Crippen LogP) is 1.59. The summed E-state index contributed by atoms with van der Waals surface area (Å²) in [5.74, 6) is 0.776. The summed E-state index contributed by atoms with van der Waals surface area (Å²) < 4.78 is 5.45. The van der Waals surface area contributed by atoms with Crippen molar-refractivity contribution in [2.45, 2.75) is 19.8 Å². The summed E-state index contributed by atoms with van der Waals surface area (Å²) in [6.07, 6.45) is 4.28. The molecule has 2 rings (SSSR count). The number of H-pyrrole nitrogens is 1. The van der Waals surface area contributed by atoms with E-state index in [1.807, 2.05) is 6.07 Å². The minimum Gasteiger partial charge on any atom is -0.477 e. The van der Waals surface area contributed by atoms with Crippen molar-refractivity contribution in [2.75, 3.05) is 6.61 Å². The third-order valence-electron chi connectivity index (χ3n) is 2.15. The molecule has 1 aromatic heterocycles. The van der Waals surface area contributed by atoms with Gasteiger partial charge in [-0.1, -0.05) is 6.92 Å². The van der Waals surface area contributed by atoms with E-state index >= 15 is 0 Å². The Morgan fingerprint density at radius 3 is 3.09 bits per heavy atom. The maximum atomic E-state index is 5.45. The second-order valence-corrected chi connectivity index (χ2v) is 3.52. The minimum absolute atomic E-state index is 0.450. The summed E-state index contributed by atoms with van der Waals surface area (Å²) in [5, 5.41) is 6.56. The average molecular weight is 152 g/mol. The van der Waals surface area contributed by atoms with E-state index in [4.69, 9.17) is 4.74 Å². The maximum Gasteiger partial charge on any atom is 0.209 e. The number of aromatic nitrogens is 2. The van der Waals surface area contributed by atoms with Crippen LogP contribution in [0.5, 0.6) is 5.88 Å². The van der Waals surface area contributed by atoms with Crippen LogP contribution in [0.1, 0.15) is 19.8 Å². The molecule has 0 aliphatic heterocycles. The van der Waals surface area contributed by atoms with Crippen LogP contribution in [0, 0.1) is 5.41 Å². The van der Waals surface area contributed by atoms with Crippen LogP contribution < -0.4 is 4.74 Å². The highest BCUT2D eigenvalue weighted by Crippen LogP contribution is 2.44. The fraction of sp³-hybridized carbons (Fsp3) is 0.625. The summed E-state index contributed by atoms with van der Waals surface area (Å²) >= 11 is 0. The van der Waals surface area contributed by atoms with Gasteiger partial charge in [0.2, 0.25) is 5.88 Å². The Bertz CT molecular complexity index is 226. The highest BCUT2D eigenvalue weighted by atomic mass is 16.5. The lowest BCUT2D eigenvalue weighted by Gasteiger charge is -2.07. The van der Waals surface area contributed by atoms with Crippen LogP contribution in [-0.4, -0.2) is 16.8 Å². The van der Waals surface area contributed by atoms with Gasteiger partial charge in [-0.3, -0.25) is 0 Å². The van der Waals surface area contributed by atoms with Crippen molar-refractivity contribution >= 4 is 0 Å². The smallest absolute Gasteiger partial charge is 0.209 e. The third-order valence-corrected chi connectivity index (χ3v) is 2.15. The third kappa shape index (κ3) is 1.53. The summed E-state index contributed by atoms with van der Waals surface area (Å²) in [6.45, 7) is 3.05. The molecule has 0 spiro atoms. The molecular formula is C8H12N2O. The van der Waals surface area contributed by atoms with E-state index in [0.717, 1.165) is 12.5 Å². The Hall–Kier alpha value is -0.990. The lowest BCUT2D eigenvalue weighted by atomic mass is 10.2. The van der Waals surface area contributed by atoms with Crippen LogP contribution in [0.25, 0.3) is 0 Å². The number of rotatable bonds is 3. The van der Waals surface area contributed by atoms with Crippen molar-refractivity contribution in [3.63, 3.8) is 0 Å². The summed E-state index contributed by atoms with van der Waals surface area (Å²) in [6, 6.07) is 1.84. The zero-order chi connectivity index (χ0) is 7.73. The first-order valence-electron chi connectivity index (χ1n) is 3.91. The van der Waals surface area contributed by atoms with Gasteiger partial charge in [-0.25, -0.2) is 5.10 Å². The number of hydrogen-bond acceptors (Lipinski definition) is 2. The van der Waals surface area contributed by atoms with Gasteiger partial charge in [0.1, 0.15) is 0 Å². The molecule has 0 atom stereocenters. The molecule has 1 heterocycles. The van der Waals surface area contributed by atoms with Crippen LogP contribution in [0.2, 0.25) is 0 Å². The molecule has 60 valence electrons. The zero-order valence-electron chi connectivity index (χ0n) is 6.63. The van der Waals surface area contributed by atoms with Crippen molar-refractivity contribution in [2.24, 2.45) is 5.41 Å². The Balaban J connectivity index is 1.83. The summed E-state index contributed by atoms with van der Waals surface area (Å²) in [4.78, 5) is 0. The van der Waals surface area contributed by atoms with Crippen LogP contribution in [0.4, 0.5) is 0 Å². The first-order valence-corrected chi connectivity index (χ1v) is 3.91. The number of ether oxygens (including phenoxy) is 1. The standard InChI is InChI=1S/C8H12N2O/c1-8(3-4-8)6-11-7-2-5-9-10-7/h2,5H,3-4,6H2,1H3,(H,9,10). The SMILES string of the molecule is CC1(COc2ccn[nH]2)CC1. The van der Waals surface area contributed by atoms with Crippen molar-refractivity contribution in [3.8, 4) is 5.88 Å². The topological polar surface area (TPSA) is 37.9 Å². The van der Waals surface area contributed by atoms with E-state index in [1.54, 1.807) is 6.20 Å². The highest BCUT2D eigenvalue weighted by molar-refractivity contribution is 5.05. The minimum atomic E-state index is 0.450. The van der Waals surface area contributed by atoms with E-state index in [1.165, 1.54) is 12.8 Å². The number of nitrogens with zero attached hydrogens (tertiary/aromatic N) is 1. The van der Waals surface area contributed by atoms with Gasteiger partial charge in [0, 0.05) is 11.5 Å². The second kappa shape index (κ2) is 2.26. The normalized spacial score (nSPS) is 19.7. The molecule has 0 radical (unpaired) electrons. The van der Waals surface area contributed by atoms with Crippen molar-refractivity contribution in [3.05, 3.63) is 12.3 Å². The molecule has 1 aliphatic carbocycles. The molecular weight excluding hydrogens is 140 g/mol. The Morgan fingerprint density at radius 1 is 1.73 bits per heavy atom. The molecule has 3 nitrogen and oxygen atoms in total. The molecule has 0 aromatic carbocycles. The molecule has 0 amide bonds. The predicted molar refractivity (Wildman–Crippen MR) is 41.4 cm³/mol. The molecule has 1 aliphatic rings. The molecule has 11 heavy (non-hydrogen) atoms. The van der Waals surface area contributed by atoms with Crippen LogP contribution in [0.15, 0.2) is 12.3 Å². The lowest BCUT2D eigenvalue weighted by Crippen LogP contribution is -2.08. The lowest BCUT2D eigenvalue weighted by molar-refractivity contribution is 0.238. The molecule has 0 unspecified atom stereocenters. The fourth-order valence-electron chi connectivity index (χ4n) is 0.933. The van der Waals surface area contributed by atoms with Gasteiger partial charge in [-0.05, 0) is 12.8 Å². The molecule has 1 aromatic rings. The van der Waals surface area contributed by atoms with Crippen molar-refractivity contribution in [1.29, 1.82) is 0 Å². The van der Waals surface area contributed by atoms with Gasteiger partial charge in [0.05, 0.1) is 12.8 Å². The van der Waals surface area contributed by atoms with Crippen molar-refractivity contribution < 1.29 is 4.74 Å². The van der Waals surface area contributed by atoms with E-state index in [-0.39, 0.29) is 0 Å². The highest BCUT2D eigenvalue weighted by Gasteiger charge is 2.38. The quantitative estimate of drug-likeness (QED) is 0.714. The van der Waals surface area contributed by atoms with E-state index in [0.29, 0.717) is 5.41 Å². The monoisotopic (exact) mass is 152 g/mol. The number of nitrogens with one attached hydrogen (secondary N) is 1. The largest absolute Gasteiger partial charge is 0.477 e. The first kappa shape index (κ1) is 6.70. The van der Waals surface area contributed by atoms with Crippen LogP contribution in [-0.2, 0) is 0 Å². The van der Waals surface area contributed by atoms with E-state index in [9.17, 15) is 0 Å². The fourth-order valence-corrected chi connectivity index (χ4v) is 0.933. The first-order chi connectivity index (χ1) is 5.29. The van der Waals surface area contributed by atoms with E-state index < -0.39 is 0 Å². The van der Waals surface area contributed by atoms with Gasteiger partial charge < -0.3 is 4.74 Å². The van der Waals surface area contributed by atoms with Gasteiger partial charge in [-0.2, -0.15) is 5.10 Å². The number of hydrogen-bond donors (Lipinski definition) is 1.